The summed E-state index contributed by atoms with van der Waals surface area (Å²) in [6, 6.07) is 8.63. The van der Waals surface area contributed by atoms with Crippen LogP contribution in [0.2, 0.25) is 0 Å². The van der Waals surface area contributed by atoms with Crippen molar-refractivity contribution in [2.75, 3.05) is 6.61 Å². The minimum atomic E-state index is -1.16. The molecule has 0 aliphatic heterocycles. The molecule has 0 saturated heterocycles. The number of aromatic carboxylic acids is 1. The van der Waals surface area contributed by atoms with E-state index in [2.05, 4.69) is 13.2 Å². The van der Waals surface area contributed by atoms with Crippen LogP contribution in [0.4, 0.5) is 0 Å². The topological polar surface area (TPSA) is 63.6 Å². The van der Waals surface area contributed by atoms with Gasteiger partial charge in [-0.05, 0) is 28.8 Å². The summed E-state index contributed by atoms with van der Waals surface area (Å²) in [5.41, 5.74) is 1.02. The molecule has 0 aromatic heterocycles. The van der Waals surface area contributed by atoms with Crippen molar-refractivity contribution < 1.29 is 19.4 Å². The Morgan fingerprint density at radius 3 is 2.55 bits per heavy atom. The number of hydrogen-bond donors (Lipinski definition) is 1. The predicted octanol–water partition coefficient (Wildman–Crippen LogP) is 3.61. The van der Waals surface area contributed by atoms with Crippen LogP contribution >= 0.6 is 0 Å². The fourth-order valence-corrected chi connectivity index (χ4v) is 2.29. The predicted molar refractivity (Wildman–Crippen MR) is 85.3 cm³/mol. The maximum atomic E-state index is 12.0. The lowest BCUT2D eigenvalue weighted by atomic mass is 9.96. The Balaban J connectivity index is 2.59. The zero-order valence-corrected chi connectivity index (χ0v) is 12.0. The Morgan fingerprint density at radius 1 is 1.14 bits per heavy atom. The van der Waals surface area contributed by atoms with E-state index in [0.29, 0.717) is 11.8 Å². The van der Waals surface area contributed by atoms with E-state index in [1.165, 1.54) is 12.1 Å². The van der Waals surface area contributed by atoms with Crippen LogP contribution in [0, 0.1) is 0 Å². The summed E-state index contributed by atoms with van der Waals surface area (Å²) in [6.07, 6.45) is 3.91. The van der Waals surface area contributed by atoms with Gasteiger partial charge in [-0.1, -0.05) is 43.0 Å². The molecule has 0 amide bonds. The highest BCUT2D eigenvalue weighted by Crippen LogP contribution is 2.25. The Morgan fingerprint density at radius 2 is 1.91 bits per heavy atom. The van der Waals surface area contributed by atoms with Crippen LogP contribution in [0.1, 0.15) is 26.3 Å². The van der Waals surface area contributed by atoms with E-state index < -0.39 is 11.9 Å². The second-order valence-corrected chi connectivity index (χ2v) is 4.73. The highest BCUT2D eigenvalue weighted by atomic mass is 16.5. The largest absolute Gasteiger partial charge is 0.478 e. The highest BCUT2D eigenvalue weighted by molar-refractivity contribution is 6.12. The van der Waals surface area contributed by atoms with E-state index >= 15 is 0 Å². The molecule has 0 unspecified atom stereocenters. The van der Waals surface area contributed by atoms with Crippen molar-refractivity contribution in [2.45, 2.75) is 6.42 Å². The third kappa shape index (κ3) is 3.06. The van der Waals surface area contributed by atoms with Gasteiger partial charge in [0.25, 0.3) is 0 Å². The monoisotopic (exact) mass is 296 g/mol. The summed E-state index contributed by atoms with van der Waals surface area (Å²) in [6.45, 7) is 7.18. The quantitative estimate of drug-likeness (QED) is 0.653. The van der Waals surface area contributed by atoms with Crippen LogP contribution in [0.15, 0.2) is 55.6 Å². The molecular formula is C18H16O4. The maximum absolute atomic E-state index is 12.0. The van der Waals surface area contributed by atoms with Crippen molar-refractivity contribution in [3.8, 4) is 0 Å². The molecule has 4 nitrogen and oxygen atoms in total. The molecule has 2 aromatic rings. The molecule has 4 heteroatoms. The average molecular weight is 296 g/mol. The van der Waals surface area contributed by atoms with E-state index in [0.717, 1.165) is 10.9 Å². The minimum absolute atomic E-state index is 0.0359. The average Bonchev–Trinajstić information content (AvgIpc) is 2.51. The second-order valence-electron chi connectivity index (χ2n) is 4.73. The van der Waals surface area contributed by atoms with Crippen molar-refractivity contribution in [3.63, 3.8) is 0 Å². The number of carboxylic acids is 1. The van der Waals surface area contributed by atoms with Crippen LogP contribution in [0.3, 0.4) is 0 Å². The molecule has 0 aliphatic rings. The molecule has 0 atom stereocenters. The summed E-state index contributed by atoms with van der Waals surface area (Å²) >= 11 is 0. The van der Waals surface area contributed by atoms with Crippen molar-refractivity contribution in [3.05, 3.63) is 72.3 Å². The smallest absolute Gasteiger partial charge is 0.339 e. The molecule has 22 heavy (non-hydrogen) atoms. The van der Waals surface area contributed by atoms with Crippen LogP contribution in [0.5, 0.6) is 0 Å². The van der Waals surface area contributed by atoms with Crippen molar-refractivity contribution >= 4 is 22.7 Å². The summed E-state index contributed by atoms with van der Waals surface area (Å²) in [4.78, 5) is 23.6. The number of ether oxygens (including phenoxy) is 1. The Bertz CT molecular complexity index is 759. The molecule has 112 valence electrons. The van der Waals surface area contributed by atoms with Gasteiger partial charge in [-0.2, -0.15) is 0 Å². The molecule has 2 aromatic carbocycles. The van der Waals surface area contributed by atoms with Gasteiger partial charge in [0.1, 0.15) is 6.61 Å². The molecule has 0 aliphatic carbocycles. The number of carboxylic acid groups (broad SMARTS) is 1. The van der Waals surface area contributed by atoms with Crippen molar-refractivity contribution in [2.24, 2.45) is 0 Å². The SMILES string of the molecule is C=CCOC(=O)c1ccc2cc(CC=C)ccc2c1C(=O)O. The van der Waals surface area contributed by atoms with E-state index in [1.807, 2.05) is 12.1 Å². The number of allylic oxidation sites excluding steroid dienone is 1. The fourth-order valence-electron chi connectivity index (χ4n) is 2.29. The van der Waals surface area contributed by atoms with E-state index in [1.54, 1.807) is 18.2 Å². The Kier molecular flexibility index (Phi) is 4.73. The lowest BCUT2D eigenvalue weighted by Crippen LogP contribution is -2.12. The number of benzene rings is 2. The molecule has 0 fully saturated rings. The first-order valence-electron chi connectivity index (χ1n) is 6.76. The summed E-state index contributed by atoms with van der Waals surface area (Å²) in [5, 5.41) is 10.7. The summed E-state index contributed by atoms with van der Waals surface area (Å²) in [5.74, 6) is -1.83. The molecule has 0 heterocycles. The van der Waals surface area contributed by atoms with E-state index in [-0.39, 0.29) is 17.7 Å². The molecule has 0 spiro atoms. The van der Waals surface area contributed by atoms with Crippen LogP contribution in [-0.4, -0.2) is 23.7 Å². The third-order valence-corrected chi connectivity index (χ3v) is 3.23. The van der Waals surface area contributed by atoms with Gasteiger partial charge in [0.15, 0.2) is 0 Å². The highest BCUT2D eigenvalue weighted by Gasteiger charge is 2.20. The van der Waals surface area contributed by atoms with Crippen LogP contribution in [0.25, 0.3) is 10.8 Å². The molecule has 0 bridgehead atoms. The molecule has 1 N–H and O–H groups in total. The number of rotatable bonds is 6. The number of carbonyl (C=O) groups is 2. The van der Waals surface area contributed by atoms with Gasteiger partial charge < -0.3 is 9.84 Å². The molecule has 0 saturated carbocycles. The Hall–Kier alpha value is -2.88. The lowest BCUT2D eigenvalue weighted by molar-refractivity contribution is 0.0537. The Labute approximate surface area is 128 Å². The van der Waals surface area contributed by atoms with Gasteiger partial charge >= 0.3 is 11.9 Å². The zero-order chi connectivity index (χ0) is 16.1. The number of carbonyl (C=O) groups excluding carboxylic acids is 1. The number of hydrogen-bond acceptors (Lipinski definition) is 3. The minimum Gasteiger partial charge on any atom is -0.478 e. The zero-order valence-electron chi connectivity index (χ0n) is 12.0. The first-order valence-corrected chi connectivity index (χ1v) is 6.76. The standard InChI is InChI=1S/C18H16O4/c1-3-5-12-6-8-14-13(11-12)7-9-15(16(14)17(19)20)18(21)22-10-4-2/h3-4,6-9,11H,1-2,5,10H2,(H,19,20). The molecular weight excluding hydrogens is 280 g/mol. The first kappa shape index (κ1) is 15.5. The number of fused-ring (bicyclic) bond motifs is 1. The third-order valence-electron chi connectivity index (χ3n) is 3.23. The first-order chi connectivity index (χ1) is 10.6. The van der Waals surface area contributed by atoms with Crippen molar-refractivity contribution in [1.82, 2.24) is 0 Å². The van der Waals surface area contributed by atoms with Gasteiger partial charge in [-0.25, -0.2) is 9.59 Å². The molecule has 2 rings (SSSR count). The van der Waals surface area contributed by atoms with Crippen molar-refractivity contribution in [1.29, 1.82) is 0 Å². The van der Waals surface area contributed by atoms with E-state index in [9.17, 15) is 14.7 Å². The summed E-state index contributed by atoms with van der Waals surface area (Å²) < 4.78 is 4.95. The van der Waals surface area contributed by atoms with Gasteiger partial charge in [0.05, 0.1) is 11.1 Å². The van der Waals surface area contributed by atoms with Gasteiger partial charge in [-0.15, -0.1) is 6.58 Å². The normalized spacial score (nSPS) is 10.2. The van der Waals surface area contributed by atoms with Crippen LogP contribution < -0.4 is 0 Å². The number of esters is 1. The fraction of sp³-hybridized carbons (Fsp3) is 0.111. The summed E-state index contributed by atoms with van der Waals surface area (Å²) in [7, 11) is 0. The van der Waals surface area contributed by atoms with E-state index in [4.69, 9.17) is 4.74 Å². The van der Waals surface area contributed by atoms with Gasteiger partial charge in [-0.3, -0.25) is 0 Å². The van der Waals surface area contributed by atoms with Crippen LogP contribution in [-0.2, 0) is 11.2 Å². The van der Waals surface area contributed by atoms with Gasteiger partial charge in [0, 0.05) is 0 Å². The maximum Gasteiger partial charge on any atom is 0.339 e. The van der Waals surface area contributed by atoms with Gasteiger partial charge in [0.2, 0.25) is 0 Å². The second kappa shape index (κ2) is 6.72. The lowest BCUT2D eigenvalue weighted by Gasteiger charge is -2.10. The molecule has 0 radical (unpaired) electrons.